The fraction of sp³-hybridized carbons (Fsp3) is 0.333. The molecule has 1 aliphatic rings. The molecule has 1 fully saturated rings. The highest BCUT2D eigenvalue weighted by Crippen LogP contribution is 2.47. The molecule has 0 saturated heterocycles. The number of nitrogens with one attached hydrogen (secondary N) is 1. The van der Waals surface area contributed by atoms with Crippen LogP contribution in [0.25, 0.3) is 11.3 Å². The lowest BCUT2D eigenvalue weighted by molar-refractivity contribution is -0.140. The molecule has 0 bridgehead atoms. The Balaban J connectivity index is 1.90. The molecule has 0 unspecified atom stereocenters. The Morgan fingerprint density at radius 3 is 2.58 bits per heavy atom. The highest BCUT2D eigenvalue weighted by Gasteiger charge is 2.54. The van der Waals surface area contributed by atoms with E-state index in [9.17, 15) is 9.90 Å². The lowest BCUT2D eigenvalue weighted by Gasteiger charge is -2.05. The number of carboxylic acids is 1. The van der Waals surface area contributed by atoms with Crippen LogP contribution in [0, 0.1) is 0 Å². The van der Waals surface area contributed by atoms with Gasteiger partial charge in [0.1, 0.15) is 11.2 Å². The molecular weight excluding hydrogens is 240 g/mol. The van der Waals surface area contributed by atoms with Crippen LogP contribution in [-0.4, -0.2) is 21.0 Å². The van der Waals surface area contributed by atoms with Crippen LogP contribution in [0.4, 0.5) is 0 Å². The second-order valence-corrected chi connectivity index (χ2v) is 5.08. The van der Waals surface area contributed by atoms with Crippen molar-refractivity contribution in [1.29, 1.82) is 0 Å². The summed E-state index contributed by atoms with van der Waals surface area (Å²) in [5, 5.41) is 9.25. The van der Waals surface area contributed by atoms with Crippen molar-refractivity contribution in [3.8, 4) is 11.3 Å². The van der Waals surface area contributed by atoms with Gasteiger partial charge in [-0.3, -0.25) is 4.79 Å². The van der Waals surface area contributed by atoms with E-state index in [0.29, 0.717) is 18.7 Å². The average Bonchev–Trinajstić information content (AvgIpc) is 3.11. The van der Waals surface area contributed by atoms with Gasteiger partial charge in [-0.1, -0.05) is 31.2 Å². The van der Waals surface area contributed by atoms with Crippen molar-refractivity contribution in [3.05, 3.63) is 41.9 Å². The van der Waals surface area contributed by atoms with Gasteiger partial charge < -0.3 is 10.1 Å². The molecular formula is C15H16N2O2. The molecule has 2 N–H and O–H groups in total. The first-order valence-electron chi connectivity index (χ1n) is 6.54. The minimum Gasteiger partial charge on any atom is -0.480 e. The molecule has 98 valence electrons. The molecule has 1 aliphatic carbocycles. The fourth-order valence-electron chi connectivity index (χ4n) is 2.31. The summed E-state index contributed by atoms with van der Waals surface area (Å²) in [6, 6.07) is 8.24. The number of imidazole rings is 1. The number of H-pyrrole nitrogens is 1. The summed E-state index contributed by atoms with van der Waals surface area (Å²) < 4.78 is 0. The highest BCUT2D eigenvalue weighted by molar-refractivity contribution is 5.83. The molecule has 1 aromatic carbocycles. The molecule has 0 radical (unpaired) electrons. The zero-order chi connectivity index (χ0) is 13.5. The maximum atomic E-state index is 11.3. The van der Waals surface area contributed by atoms with Crippen LogP contribution in [0.3, 0.4) is 0 Å². The number of aryl methyl sites for hydroxylation is 1. The van der Waals surface area contributed by atoms with Crippen molar-refractivity contribution < 1.29 is 9.90 Å². The smallest absolute Gasteiger partial charge is 0.317 e. The van der Waals surface area contributed by atoms with Crippen LogP contribution < -0.4 is 0 Å². The zero-order valence-electron chi connectivity index (χ0n) is 10.8. The van der Waals surface area contributed by atoms with Gasteiger partial charge in [0.25, 0.3) is 0 Å². The maximum absolute atomic E-state index is 11.3. The Morgan fingerprint density at radius 1 is 1.37 bits per heavy atom. The Labute approximate surface area is 111 Å². The number of carbonyl (C=O) groups is 1. The van der Waals surface area contributed by atoms with Gasteiger partial charge in [0.15, 0.2) is 0 Å². The van der Waals surface area contributed by atoms with Gasteiger partial charge in [0, 0.05) is 0 Å². The normalized spacial score (nSPS) is 16.3. The molecule has 2 aromatic rings. The van der Waals surface area contributed by atoms with Gasteiger partial charge in [-0.2, -0.15) is 0 Å². The maximum Gasteiger partial charge on any atom is 0.317 e. The van der Waals surface area contributed by atoms with Crippen molar-refractivity contribution in [3.63, 3.8) is 0 Å². The summed E-state index contributed by atoms with van der Waals surface area (Å²) in [5.74, 6) is -0.204. The molecule has 1 aromatic heterocycles. The summed E-state index contributed by atoms with van der Waals surface area (Å²) in [4.78, 5) is 18.7. The van der Waals surface area contributed by atoms with Gasteiger partial charge in [-0.05, 0) is 30.4 Å². The van der Waals surface area contributed by atoms with Crippen LogP contribution in [0.5, 0.6) is 0 Å². The first-order chi connectivity index (χ1) is 9.15. The van der Waals surface area contributed by atoms with Crippen molar-refractivity contribution in [1.82, 2.24) is 9.97 Å². The van der Waals surface area contributed by atoms with Crippen molar-refractivity contribution >= 4 is 5.97 Å². The average molecular weight is 256 g/mol. The number of aromatic nitrogens is 2. The summed E-state index contributed by atoms with van der Waals surface area (Å²) in [6.07, 6.45) is 4.07. The first-order valence-corrected chi connectivity index (χ1v) is 6.54. The standard InChI is InChI=1S/C15H16N2O2/c1-2-10-3-5-11(6-4-10)12-9-16-13(17-12)15(7-8-15)14(18)19/h3-6,9H,2,7-8H2,1H3,(H,16,17)(H,18,19). The second kappa shape index (κ2) is 4.23. The van der Waals surface area contributed by atoms with Gasteiger partial charge >= 0.3 is 5.97 Å². The Morgan fingerprint density at radius 2 is 2.05 bits per heavy atom. The molecule has 0 spiro atoms. The summed E-state index contributed by atoms with van der Waals surface area (Å²) in [7, 11) is 0. The largest absolute Gasteiger partial charge is 0.480 e. The third-order valence-corrected chi connectivity index (χ3v) is 3.86. The third-order valence-electron chi connectivity index (χ3n) is 3.86. The van der Waals surface area contributed by atoms with E-state index >= 15 is 0 Å². The molecule has 19 heavy (non-hydrogen) atoms. The number of hydrogen-bond acceptors (Lipinski definition) is 2. The number of benzene rings is 1. The van der Waals surface area contributed by atoms with Crippen molar-refractivity contribution in [2.45, 2.75) is 31.6 Å². The van der Waals surface area contributed by atoms with Gasteiger partial charge in [0.2, 0.25) is 0 Å². The van der Waals surface area contributed by atoms with Crippen LogP contribution in [0.2, 0.25) is 0 Å². The van der Waals surface area contributed by atoms with E-state index < -0.39 is 11.4 Å². The predicted molar refractivity (Wildman–Crippen MR) is 71.9 cm³/mol. The molecule has 0 aliphatic heterocycles. The number of aromatic amines is 1. The summed E-state index contributed by atoms with van der Waals surface area (Å²) in [6.45, 7) is 2.12. The lowest BCUT2D eigenvalue weighted by atomic mass is 10.1. The molecule has 4 heteroatoms. The van der Waals surface area contributed by atoms with Gasteiger partial charge in [-0.25, -0.2) is 4.98 Å². The minimum absolute atomic E-state index is 0.578. The van der Waals surface area contributed by atoms with Crippen LogP contribution in [-0.2, 0) is 16.6 Å². The first kappa shape index (κ1) is 12.0. The SMILES string of the molecule is CCc1ccc(-c2cnc(C3(C(=O)O)CC3)[nH]2)cc1. The third kappa shape index (κ3) is 1.93. The van der Waals surface area contributed by atoms with Crippen molar-refractivity contribution in [2.24, 2.45) is 0 Å². The van der Waals surface area contributed by atoms with E-state index in [-0.39, 0.29) is 0 Å². The topological polar surface area (TPSA) is 66.0 Å². The molecule has 4 nitrogen and oxygen atoms in total. The Bertz CT molecular complexity index is 609. The van der Waals surface area contributed by atoms with Crippen LogP contribution in [0.15, 0.2) is 30.5 Å². The van der Waals surface area contributed by atoms with E-state index in [1.54, 1.807) is 6.20 Å². The molecule has 0 amide bonds. The Hall–Kier alpha value is -2.10. The fourth-order valence-corrected chi connectivity index (χ4v) is 2.31. The lowest BCUT2D eigenvalue weighted by Crippen LogP contribution is -2.20. The zero-order valence-corrected chi connectivity index (χ0v) is 10.8. The van der Waals surface area contributed by atoms with Crippen LogP contribution in [0.1, 0.15) is 31.2 Å². The van der Waals surface area contributed by atoms with E-state index in [0.717, 1.165) is 17.7 Å². The predicted octanol–water partition coefficient (Wildman–Crippen LogP) is 2.76. The van der Waals surface area contributed by atoms with Gasteiger partial charge in [-0.15, -0.1) is 0 Å². The highest BCUT2D eigenvalue weighted by atomic mass is 16.4. The summed E-state index contributed by atoms with van der Waals surface area (Å²) >= 11 is 0. The number of aliphatic carboxylic acids is 1. The van der Waals surface area contributed by atoms with Crippen LogP contribution >= 0.6 is 0 Å². The number of rotatable bonds is 4. The number of hydrogen-bond donors (Lipinski definition) is 2. The second-order valence-electron chi connectivity index (χ2n) is 5.08. The Kier molecular flexibility index (Phi) is 2.66. The van der Waals surface area contributed by atoms with E-state index in [2.05, 4.69) is 29.0 Å². The monoisotopic (exact) mass is 256 g/mol. The number of nitrogens with zero attached hydrogens (tertiary/aromatic N) is 1. The van der Waals surface area contributed by atoms with Gasteiger partial charge in [0.05, 0.1) is 11.9 Å². The van der Waals surface area contributed by atoms with E-state index in [1.807, 2.05) is 12.1 Å². The van der Waals surface area contributed by atoms with E-state index in [1.165, 1.54) is 5.56 Å². The van der Waals surface area contributed by atoms with E-state index in [4.69, 9.17) is 0 Å². The number of carboxylic acid groups (broad SMARTS) is 1. The summed E-state index contributed by atoms with van der Waals surface area (Å²) in [5.41, 5.74) is 2.44. The molecule has 0 atom stereocenters. The quantitative estimate of drug-likeness (QED) is 0.884. The minimum atomic E-state index is -0.783. The molecule has 1 saturated carbocycles. The molecule has 3 rings (SSSR count). The van der Waals surface area contributed by atoms with Crippen molar-refractivity contribution in [2.75, 3.05) is 0 Å². The molecule has 1 heterocycles.